The summed E-state index contributed by atoms with van der Waals surface area (Å²) in [4.78, 5) is 14.2. The molecule has 1 aliphatic heterocycles. The Balaban J connectivity index is 1.71. The number of para-hydroxylation sites is 1. The Morgan fingerprint density at radius 1 is 1.29 bits per heavy atom. The van der Waals surface area contributed by atoms with Crippen LogP contribution >= 0.6 is 0 Å². The van der Waals surface area contributed by atoms with E-state index in [9.17, 15) is 4.79 Å². The van der Waals surface area contributed by atoms with Crippen LogP contribution in [0.15, 0.2) is 24.3 Å². The van der Waals surface area contributed by atoms with Gasteiger partial charge < -0.3 is 15.0 Å². The first-order valence-corrected chi connectivity index (χ1v) is 7.78. The van der Waals surface area contributed by atoms with Crippen LogP contribution in [-0.4, -0.2) is 42.6 Å². The maximum absolute atomic E-state index is 12.2. The van der Waals surface area contributed by atoms with Gasteiger partial charge in [0.05, 0.1) is 6.61 Å². The molecule has 1 saturated heterocycles. The highest BCUT2D eigenvalue weighted by molar-refractivity contribution is 5.76. The summed E-state index contributed by atoms with van der Waals surface area (Å²) in [5.41, 5.74) is 1.13. The summed E-state index contributed by atoms with van der Waals surface area (Å²) in [5, 5.41) is 3.44. The molecule has 1 heterocycles. The predicted molar refractivity (Wildman–Crippen MR) is 84.5 cm³/mol. The van der Waals surface area contributed by atoms with E-state index in [0.717, 1.165) is 30.8 Å². The fourth-order valence-electron chi connectivity index (χ4n) is 2.81. The first-order valence-electron chi connectivity index (χ1n) is 7.78. The molecular weight excluding hydrogens is 264 g/mol. The molecule has 2 unspecified atom stereocenters. The fraction of sp³-hybridized carbons (Fsp3) is 0.588. The number of hydrogen-bond donors (Lipinski definition) is 1. The molecule has 0 aliphatic carbocycles. The minimum atomic E-state index is 0.239. The van der Waals surface area contributed by atoms with Gasteiger partial charge in [-0.05, 0) is 38.8 Å². The van der Waals surface area contributed by atoms with E-state index in [1.165, 1.54) is 0 Å². The molecule has 0 radical (unpaired) electrons. The number of amides is 1. The summed E-state index contributed by atoms with van der Waals surface area (Å²) in [6.45, 7) is 8.48. The van der Waals surface area contributed by atoms with E-state index in [2.05, 4.69) is 19.2 Å². The minimum absolute atomic E-state index is 0.239. The van der Waals surface area contributed by atoms with Crippen molar-refractivity contribution in [3.8, 4) is 5.75 Å². The van der Waals surface area contributed by atoms with Crippen LogP contribution in [0.5, 0.6) is 5.75 Å². The highest BCUT2D eigenvalue weighted by atomic mass is 16.5. The fourth-order valence-corrected chi connectivity index (χ4v) is 2.81. The number of carbonyl (C=O) groups is 1. The van der Waals surface area contributed by atoms with E-state index in [1.807, 2.05) is 36.1 Å². The number of nitrogens with one attached hydrogen (secondary N) is 1. The lowest BCUT2D eigenvalue weighted by molar-refractivity contribution is -0.133. The molecule has 1 N–H and O–H groups in total. The molecule has 2 atom stereocenters. The number of nitrogens with zero attached hydrogens (tertiary/aromatic N) is 1. The molecule has 21 heavy (non-hydrogen) atoms. The van der Waals surface area contributed by atoms with Gasteiger partial charge in [0.25, 0.3) is 0 Å². The van der Waals surface area contributed by atoms with E-state index in [-0.39, 0.29) is 5.91 Å². The second-order valence-corrected chi connectivity index (χ2v) is 5.98. The molecule has 2 rings (SSSR count). The van der Waals surface area contributed by atoms with Crippen LogP contribution in [0.25, 0.3) is 0 Å². The Labute approximate surface area is 127 Å². The van der Waals surface area contributed by atoms with E-state index in [4.69, 9.17) is 4.74 Å². The molecule has 1 aromatic carbocycles. The summed E-state index contributed by atoms with van der Waals surface area (Å²) >= 11 is 0. The van der Waals surface area contributed by atoms with Gasteiger partial charge in [0.2, 0.25) is 5.91 Å². The van der Waals surface area contributed by atoms with Gasteiger partial charge in [0.15, 0.2) is 0 Å². The molecule has 0 aromatic heterocycles. The van der Waals surface area contributed by atoms with Crippen molar-refractivity contribution in [3.05, 3.63) is 29.8 Å². The van der Waals surface area contributed by atoms with Gasteiger partial charge >= 0.3 is 0 Å². The van der Waals surface area contributed by atoms with Crippen LogP contribution in [0.4, 0.5) is 0 Å². The van der Waals surface area contributed by atoms with Crippen molar-refractivity contribution in [1.29, 1.82) is 0 Å². The summed E-state index contributed by atoms with van der Waals surface area (Å²) < 4.78 is 5.73. The lowest BCUT2D eigenvalue weighted by atomic mass is 10.1. The molecule has 1 aliphatic rings. The van der Waals surface area contributed by atoms with E-state index in [1.54, 1.807) is 0 Å². The average Bonchev–Trinajstić information content (AvgIpc) is 2.44. The topological polar surface area (TPSA) is 41.6 Å². The molecule has 1 aromatic rings. The monoisotopic (exact) mass is 290 g/mol. The number of aryl methyl sites for hydroxylation is 1. The average molecular weight is 290 g/mol. The highest BCUT2D eigenvalue weighted by Gasteiger charge is 2.24. The van der Waals surface area contributed by atoms with Crippen LogP contribution in [0.3, 0.4) is 0 Å². The Kier molecular flexibility index (Phi) is 5.62. The maximum atomic E-state index is 12.2. The van der Waals surface area contributed by atoms with Gasteiger partial charge in [-0.1, -0.05) is 18.2 Å². The first kappa shape index (κ1) is 15.8. The number of rotatable bonds is 5. The van der Waals surface area contributed by atoms with E-state index in [0.29, 0.717) is 25.1 Å². The second kappa shape index (κ2) is 7.46. The van der Waals surface area contributed by atoms with E-state index < -0.39 is 0 Å². The van der Waals surface area contributed by atoms with Crippen LogP contribution in [0, 0.1) is 6.92 Å². The van der Waals surface area contributed by atoms with Crippen molar-refractivity contribution in [1.82, 2.24) is 10.2 Å². The summed E-state index contributed by atoms with van der Waals surface area (Å²) in [6, 6.07) is 8.72. The molecule has 4 nitrogen and oxygen atoms in total. The normalized spacial score (nSPS) is 22.1. The number of benzene rings is 1. The van der Waals surface area contributed by atoms with Crippen LogP contribution in [-0.2, 0) is 4.79 Å². The number of ether oxygens (including phenoxy) is 1. The Hall–Kier alpha value is -1.55. The zero-order valence-corrected chi connectivity index (χ0v) is 13.3. The summed E-state index contributed by atoms with van der Waals surface area (Å²) in [7, 11) is 0. The number of piperazine rings is 1. The lowest BCUT2D eigenvalue weighted by Gasteiger charge is -2.36. The minimum Gasteiger partial charge on any atom is -0.493 e. The SMILES string of the molecule is Cc1ccccc1OCCCC(=O)N1CC(C)NC(C)C1. The van der Waals surface area contributed by atoms with Crippen molar-refractivity contribution in [3.63, 3.8) is 0 Å². The molecule has 0 bridgehead atoms. The molecule has 0 saturated carbocycles. The van der Waals surface area contributed by atoms with Crippen LogP contribution < -0.4 is 10.1 Å². The number of carbonyl (C=O) groups excluding carboxylic acids is 1. The smallest absolute Gasteiger partial charge is 0.222 e. The Bertz CT molecular complexity index is 466. The molecule has 4 heteroatoms. The Morgan fingerprint density at radius 2 is 1.95 bits per heavy atom. The number of hydrogen-bond acceptors (Lipinski definition) is 3. The predicted octanol–water partition coefficient (Wildman–Crippen LogP) is 2.36. The quantitative estimate of drug-likeness (QED) is 0.847. The standard InChI is InChI=1S/C17H26N2O2/c1-13-7-4-5-8-16(13)21-10-6-9-17(20)19-11-14(2)18-15(3)12-19/h4-5,7-8,14-15,18H,6,9-12H2,1-3H3. The van der Waals surface area contributed by atoms with Gasteiger partial charge in [0.1, 0.15) is 5.75 Å². The zero-order valence-electron chi connectivity index (χ0n) is 13.3. The molecule has 116 valence electrons. The zero-order chi connectivity index (χ0) is 15.2. The van der Waals surface area contributed by atoms with E-state index >= 15 is 0 Å². The van der Waals surface area contributed by atoms with Crippen molar-refractivity contribution < 1.29 is 9.53 Å². The second-order valence-electron chi connectivity index (χ2n) is 5.98. The van der Waals surface area contributed by atoms with Gasteiger partial charge in [-0.25, -0.2) is 0 Å². The van der Waals surface area contributed by atoms with Crippen LogP contribution in [0.1, 0.15) is 32.3 Å². The van der Waals surface area contributed by atoms with Crippen molar-refractivity contribution in [2.24, 2.45) is 0 Å². The van der Waals surface area contributed by atoms with Crippen molar-refractivity contribution in [2.45, 2.75) is 45.7 Å². The third kappa shape index (κ3) is 4.74. The largest absolute Gasteiger partial charge is 0.493 e. The van der Waals surface area contributed by atoms with Gasteiger partial charge in [0, 0.05) is 31.6 Å². The molecule has 1 amide bonds. The third-order valence-electron chi connectivity index (χ3n) is 3.80. The summed E-state index contributed by atoms with van der Waals surface area (Å²) in [5.74, 6) is 1.15. The molecule has 1 fully saturated rings. The first-order chi connectivity index (χ1) is 10.1. The Morgan fingerprint density at radius 3 is 2.62 bits per heavy atom. The van der Waals surface area contributed by atoms with Gasteiger partial charge in [-0.3, -0.25) is 4.79 Å². The highest BCUT2D eigenvalue weighted by Crippen LogP contribution is 2.16. The summed E-state index contributed by atoms with van der Waals surface area (Å²) in [6.07, 6.45) is 1.32. The van der Waals surface area contributed by atoms with Crippen LogP contribution in [0.2, 0.25) is 0 Å². The lowest BCUT2D eigenvalue weighted by Crippen LogP contribution is -2.55. The van der Waals surface area contributed by atoms with Crippen molar-refractivity contribution >= 4 is 5.91 Å². The van der Waals surface area contributed by atoms with Gasteiger partial charge in [-0.2, -0.15) is 0 Å². The molecular formula is C17H26N2O2. The molecule has 0 spiro atoms. The van der Waals surface area contributed by atoms with Crippen molar-refractivity contribution in [2.75, 3.05) is 19.7 Å². The third-order valence-corrected chi connectivity index (χ3v) is 3.80. The van der Waals surface area contributed by atoms with Gasteiger partial charge in [-0.15, -0.1) is 0 Å². The maximum Gasteiger partial charge on any atom is 0.222 e.